The first kappa shape index (κ1) is 5.58. The molecule has 0 spiro atoms. The molecule has 44 valence electrons. The Kier molecular flexibility index (Phi) is 1.50. The number of rotatable bonds is 0. The third kappa shape index (κ3) is 0.988. The Balaban J connectivity index is 2.52. The molecule has 0 unspecified atom stereocenters. The van der Waals surface area contributed by atoms with E-state index in [1.165, 1.54) is 11.9 Å². The van der Waals surface area contributed by atoms with Crippen molar-refractivity contribution in [2.45, 2.75) is 0 Å². The predicted octanol–water partition coefficient (Wildman–Crippen LogP) is -1.16. The Morgan fingerprint density at radius 1 is 1.50 bits per heavy atom. The summed E-state index contributed by atoms with van der Waals surface area (Å²) in [7, 11) is 0. The van der Waals surface area contributed by atoms with Gasteiger partial charge in [0.2, 0.25) is 5.78 Å². The number of hydrogen-bond acceptors (Lipinski definition) is 4. The van der Waals surface area contributed by atoms with E-state index < -0.39 is 5.91 Å². The summed E-state index contributed by atoms with van der Waals surface area (Å²) in [5.41, 5.74) is 2.16. The first-order chi connectivity index (χ1) is 3.80. The Hall–Kier alpha value is -0.550. The Bertz CT molecular complexity index is 119. The second-order valence-electron chi connectivity index (χ2n) is 1.27. The van der Waals surface area contributed by atoms with Crippen LogP contribution in [-0.2, 0) is 9.59 Å². The summed E-state index contributed by atoms with van der Waals surface area (Å²) in [6.07, 6.45) is 0. The molecular weight excluding hydrogens is 128 g/mol. The van der Waals surface area contributed by atoms with E-state index in [1.807, 2.05) is 0 Å². The molecule has 1 rings (SSSR count). The Morgan fingerprint density at radius 2 is 2.25 bits per heavy atom. The van der Waals surface area contributed by atoms with Crippen molar-refractivity contribution in [3.8, 4) is 0 Å². The zero-order valence-electron chi connectivity index (χ0n) is 3.93. The van der Waals surface area contributed by atoms with Crippen LogP contribution in [-0.4, -0.2) is 17.4 Å². The molecule has 1 saturated heterocycles. The lowest BCUT2D eigenvalue weighted by molar-refractivity contribution is -0.137. The highest BCUT2D eigenvalue weighted by molar-refractivity contribution is 7.98. The minimum atomic E-state index is -0.552. The highest BCUT2D eigenvalue weighted by atomic mass is 32.2. The van der Waals surface area contributed by atoms with Crippen molar-refractivity contribution in [3.05, 3.63) is 0 Å². The molecule has 1 heterocycles. The summed E-state index contributed by atoms with van der Waals surface area (Å²) in [6.45, 7) is 0. The van der Waals surface area contributed by atoms with Crippen LogP contribution < -0.4 is 10.3 Å². The summed E-state index contributed by atoms with van der Waals surface area (Å²) in [5, 5.41) is 0. The van der Waals surface area contributed by atoms with Gasteiger partial charge in [0.25, 0.3) is 0 Å². The minimum absolute atomic E-state index is 0.228. The van der Waals surface area contributed by atoms with Crippen LogP contribution in [0.5, 0.6) is 0 Å². The number of amides is 1. The van der Waals surface area contributed by atoms with Crippen LogP contribution in [0.2, 0.25) is 0 Å². The van der Waals surface area contributed by atoms with E-state index >= 15 is 0 Å². The second-order valence-corrected chi connectivity index (χ2v) is 2.05. The van der Waals surface area contributed by atoms with Crippen LogP contribution in [0.1, 0.15) is 0 Å². The fraction of sp³-hybridized carbons (Fsp3) is 0.333. The van der Waals surface area contributed by atoms with E-state index in [0.717, 1.165) is 0 Å². The summed E-state index contributed by atoms with van der Waals surface area (Å²) in [5.74, 6) is -0.705. The van der Waals surface area contributed by atoms with Gasteiger partial charge in [-0.15, -0.1) is 0 Å². The van der Waals surface area contributed by atoms with E-state index in [4.69, 9.17) is 0 Å². The number of carbonyl (C=O) groups excluding carboxylic acids is 2. The molecule has 0 atom stereocenters. The average molecular weight is 132 g/mol. The first-order valence-corrected chi connectivity index (χ1v) is 2.99. The van der Waals surface area contributed by atoms with Crippen molar-refractivity contribution in [2.24, 2.45) is 0 Å². The van der Waals surface area contributed by atoms with Crippen LogP contribution in [0.25, 0.3) is 0 Å². The monoisotopic (exact) mass is 132 g/mol. The Labute approximate surface area is 50.1 Å². The summed E-state index contributed by atoms with van der Waals surface area (Å²) in [6, 6.07) is 0. The van der Waals surface area contributed by atoms with E-state index in [0.29, 0.717) is 0 Å². The van der Waals surface area contributed by atoms with Crippen LogP contribution in [0.4, 0.5) is 0 Å². The predicted molar refractivity (Wildman–Crippen MR) is 28.7 cm³/mol. The molecule has 0 bridgehead atoms. The minimum Gasteiger partial charge on any atom is -0.288 e. The van der Waals surface area contributed by atoms with E-state index in [2.05, 4.69) is 10.3 Å². The molecule has 0 aromatic rings. The highest BCUT2D eigenvalue weighted by Gasteiger charge is 2.16. The molecule has 5 heteroatoms. The average Bonchev–Trinajstić information content (AvgIpc) is 1.77. The molecule has 1 aliphatic heterocycles. The largest absolute Gasteiger partial charge is 0.303 e. The molecule has 4 nitrogen and oxygen atoms in total. The van der Waals surface area contributed by atoms with Crippen LogP contribution >= 0.6 is 11.9 Å². The second kappa shape index (κ2) is 2.15. The topological polar surface area (TPSA) is 58.2 Å². The van der Waals surface area contributed by atoms with Gasteiger partial charge < -0.3 is 0 Å². The molecular formula is C3H4N2O2S. The van der Waals surface area contributed by atoms with Crippen molar-refractivity contribution < 1.29 is 9.59 Å². The molecule has 0 aliphatic carbocycles. The molecule has 0 aromatic heterocycles. The summed E-state index contributed by atoms with van der Waals surface area (Å²) < 4.78 is 0. The van der Waals surface area contributed by atoms with Gasteiger partial charge in [0.1, 0.15) is 0 Å². The molecule has 1 amide bonds. The number of hydrazine groups is 1. The van der Waals surface area contributed by atoms with Gasteiger partial charge in [0, 0.05) is 0 Å². The van der Waals surface area contributed by atoms with Gasteiger partial charge in [-0.2, -0.15) is 4.83 Å². The van der Waals surface area contributed by atoms with Crippen LogP contribution in [0, 0.1) is 0 Å². The first-order valence-electron chi connectivity index (χ1n) is 2.00. The van der Waals surface area contributed by atoms with Gasteiger partial charge in [-0.05, 0) is 0 Å². The maximum atomic E-state index is 10.3. The molecule has 1 aliphatic rings. The number of ketones is 1. The molecule has 0 saturated carbocycles. The van der Waals surface area contributed by atoms with Crippen LogP contribution in [0.15, 0.2) is 0 Å². The maximum Gasteiger partial charge on any atom is 0.303 e. The van der Waals surface area contributed by atoms with Crippen molar-refractivity contribution >= 4 is 23.6 Å². The molecule has 1 fully saturated rings. The SMILES string of the molecule is O=C1CSNNC1=O. The lowest BCUT2D eigenvalue weighted by Crippen LogP contribution is -2.44. The van der Waals surface area contributed by atoms with E-state index in [9.17, 15) is 9.59 Å². The fourth-order valence-corrected chi connectivity index (χ4v) is 0.819. The van der Waals surface area contributed by atoms with Gasteiger partial charge in [-0.25, -0.2) is 0 Å². The number of carbonyl (C=O) groups is 2. The molecule has 2 N–H and O–H groups in total. The van der Waals surface area contributed by atoms with Gasteiger partial charge in [-0.3, -0.25) is 15.0 Å². The van der Waals surface area contributed by atoms with Gasteiger partial charge in [0.15, 0.2) is 0 Å². The summed E-state index contributed by atoms with van der Waals surface area (Å²) >= 11 is 1.18. The molecule has 0 aromatic carbocycles. The quantitative estimate of drug-likeness (QED) is 0.322. The molecule has 0 radical (unpaired) electrons. The standard InChI is InChI=1S/C3H4N2O2S/c6-2-1-8-5-4-3(2)7/h5H,1H2,(H,4,7). The normalized spacial score (nSPS) is 20.5. The van der Waals surface area contributed by atoms with E-state index in [1.54, 1.807) is 0 Å². The number of Topliss-reactive ketones (excluding diaryl/α,β-unsaturated/α-hetero) is 1. The van der Waals surface area contributed by atoms with Crippen molar-refractivity contribution in [2.75, 3.05) is 5.75 Å². The van der Waals surface area contributed by atoms with Gasteiger partial charge in [-0.1, -0.05) is 11.9 Å². The molecule has 8 heavy (non-hydrogen) atoms. The lowest BCUT2D eigenvalue weighted by Gasteiger charge is -2.08. The third-order valence-corrected chi connectivity index (χ3v) is 1.35. The van der Waals surface area contributed by atoms with Gasteiger partial charge >= 0.3 is 5.91 Å². The lowest BCUT2D eigenvalue weighted by atomic mass is 10.4. The van der Waals surface area contributed by atoms with Crippen molar-refractivity contribution in [1.82, 2.24) is 10.3 Å². The Morgan fingerprint density at radius 3 is 2.62 bits per heavy atom. The summed E-state index contributed by atoms with van der Waals surface area (Å²) in [4.78, 5) is 23.0. The third-order valence-electron chi connectivity index (χ3n) is 0.693. The zero-order valence-corrected chi connectivity index (χ0v) is 4.75. The number of hydrogen-bond donors (Lipinski definition) is 2. The number of nitrogens with one attached hydrogen (secondary N) is 2. The maximum absolute atomic E-state index is 10.3. The fourth-order valence-electron chi connectivity index (χ4n) is 0.319. The zero-order chi connectivity index (χ0) is 5.98. The smallest absolute Gasteiger partial charge is 0.288 e. The highest BCUT2D eigenvalue weighted by Crippen LogP contribution is 1.95. The van der Waals surface area contributed by atoms with Crippen molar-refractivity contribution in [3.63, 3.8) is 0 Å². The van der Waals surface area contributed by atoms with E-state index in [-0.39, 0.29) is 11.5 Å². The van der Waals surface area contributed by atoms with Gasteiger partial charge in [0.05, 0.1) is 5.75 Å². The van der Waals surface area contributed by atoms with Crippen LogP contribution in [0.3, 0.4) is 0 Å². The van der Waals surface area contributed by atoms with Crippen molar-refractivity contribution in [1.29, 1.82) is 0 Å².